The van der Waals surface area contributed by atoms with Crippen molar-refractivity contribution < 1.29 is 4.92 Å². The van der Waals surface area contributed by atoms with Crippen molar-refractivity contribution in [3.05, 3.63) is 46.1 Å². The highest BCUT2D eigenvalue weighted by molar-refractivity contribution is 5.76. The predicted molar refractivity (Wildman–Crippen MR) is 50.9 cm³/mol. The molecule has 0 spiro atoms. The smallest absolute Gasteiger partial charge is 0.269 e. The zero-order valence-corrected chi connectivity index (χ0v) is 7.18. The zero-order chi connectivity index (χ0) is 10.6. The molecular formula is C9H7N3O2. The van der Waals surface area contributed by atoms with Crippen LogP contribution in [0.4, 0.5) is 5.69 Å². The molecule has 0 unspecified atom stereocenters. The van der Waals surface area contributed by atoms with E-state index in [4.69, 9.17) is 11.0 Å². The summed E-state index contributed by atoms with van der Waals surface area (Å²) >= 11 is 0. The Morgan fingerprint density at radius 3 is 2.43 bits per heavy atom. The largest absolute Gasteiger partial charge is 0.404 e. The Hall–Kier alpha value is -2.35. The van der Waals surface area contributed by atoms with Crippen LogP contribution >= 0.6 is 0 Å². The Morgan fingerprint density at radius 1 is 1.50 bits per heavy atom. The van der Waals surface area contributed by atoms with Gasteiger partial charge in [0.25, 0.3) is 5.69 Å². The number of nitro groups is 1. The van der Waals surface area contributed by atoms with E-state index < -0.39 is 4.92 Å². The SMILES string of the molecule is N#CC(=CN)c1ccc([N+](=O)[O-])cc1. The highest BCUT2D eigenvalue weighted by Gasteiger charge is 2.05. The third kappa shape index (κ3) is 1.87. The highest BCUT2D eigenvalue weighted by atomic mass is 16.6. The van der Waals surface area contributed by atoms with Gasteiger partial charge in [0.15, 0.2) is 0 Å². The van der Waals surface area contributed by atoms with Gasteiger partial charge in [-0.25, -0.2) is 0 Å². The second-order valence-electron chi connectivity index (χ2n) is 2.50. The van der Waals surface area contributed by atoms with Gasteiger partial charge >= 0.3 is 0 Å². The molecule has 5 nitrogen and oxygen atoms in total. The average molecular weight is 189 g/mol. The summed E-state index contributed by atoms with van der Waals surface area (Å²) in [6.07, 6.45) is 1.17. The summed E-state index contributed by atoms with van der Waals surface area (Å²) in [5.41, 5.74) is 6.05. The van der Waals surface area contributed by atoms with Crippen LogP contribution in [-0.4, -0.2) is 4.92 Å². The number of nitro benzene ring substituents is 1. The zero-order valence-electron chi connectivity index (χ0n) is 7.18. The molecule has 0 radical (unpaired) electrons. The van der Waals surface area contributed by atoms with Crippen LogP contribution < -0.4 is 5.73 Å². The minimum Gasteiger partial charge on any atom is -0.404 e. The van der Waals surface area contributed by atoms with E-state index in [1.807, 2.05) is 6.07 Å². The van der Waals surface area contributed by atoms with Gasteiger partial charge in [-0.05, 0) is 17.7 Å². The number of nitrogens with zero attached hydrogens (tertiary/aromatic N) is 2. The lowest BCUT2D eigenvalue weighted by Gasteiger charge is -1.96. The molecule has 0 aliphatic heterocycles. The monoisotopic (exact) mass is 189 g/mol. The van der Waals surface area contributed by atoms with Crippen LogP contribution in [0.3, 0.4) is 0 Å². The number of hydrogen-bond donors (Lipinski definition) is 1. The molecule has 0 aliphatic carbocycles. The lowest BCUT2D eigenvalue weighted by molar-refractivity contribution is -0.384. The summed E-state index contributed by atoms with van der Waals surface area (Å²) < 4.78 is 0. The Kier molecular flexibility index (Phi) is 2.82. The van der Waals surface area contributed by atoms with Gasteiger partial charge < -0.3 is 5.73 Å². The fraction of sp³-hybridized carbons (Fsp3) is 0. The van der Waals surface area contributed by atoms with Crippen molar-refractivity contribution in [3.63, 3.8) is 0 Å². The van der Waals surface area contributed by atoms with Crippen LogP contribution in [0.2, 0.25) is 0 Å². The topological polar surface area (TPSA) is 93.0 Å². The van der Waals surface area contributed by atoms with Gasteiger partial charge in [-0.3, -0.25) is 10.1 Å². The first-order valence-corrected chi connectivity index (χ1v) is 3.76. The van der Waals surface area contributed by atoms with E-state index in [9.17, 15) is 10.1 Å². The first-order valence-electron chi connectivity index (χ1n) is 3.76. The van der Waals surface area contributed by atoms with E-state index in [0.29, 0.717) is 11.1 Å². The normalized spacial score (nSPS) is 10.6. The predicted octanol–water partition coefficient (Wildman–Crippen LogP) is 1.42. The van der Waals surface area contributed by atoms with Crippen molar-refractivity contribution in [2.75, 3.05) is 0 Å². The van der Waals surface area contributed by atoms with E-state index in [1.54, 1.807) is 0 Å². The second kappa shape index (κ2) is 4.05. The van der Waals surface area contributed by atoms with Crippen LogP contribution in [-0.2, 0) is 0 Å². The molecule has 1 aromatic carbocycles. The molecule has 0 aliphatic rings. The first kappa shape index (κ1) is 9.74. The standard InChI is InChI=1S/C9H7N3O2/c10-5-8(6-11)7-1-3-9(4-2-7)12(13)14/h1-5H,10H2. The minimum absolute atomic E-state index is 0.0111. The van der Waals surface area contributed by atoms with Crippen molar-refractivity contribution in [2.24, 2.45) is 5.73 Å². The molecule has 0 bridgehead atoms. The number of nitrogens with two attached hydrogens (primary N) is 1. The molecule has 0 amide bonds. The molecule has 0 saturated heterocycles. The number of nitriles is 1. The van der Waals surface area contributed by atoms with Crippen LogP contribution in [0, 0.1) is 21.4 Å². The van der Waals surface area contributed by atoms with E-state index in [1.165, 1.54) is 30.5 Å². The van der Waals surface area contributed by atoms with Crippen molar-refractivity contribution in [1.29, 1.82) is 5.26 Å². The summed E-state index contributed by atoms with van der Waals surface area (Å²) in [6.45, 7) is 0. The summed E-state index contributed by atoms with van der Waals surface area (Å²) in [6, 6.07) is 7.51. The van der Waals surface area contributed by atoms with E-state index in [-0.39, 0.29) is 5.69 Å². The molecule has 2 N–H and O–H groups in total. The van der Waals surface area contributed by atoms with E-state index in [2.05, 4.69) is 0 Å². The molecule has 14 heavy (non-hydrogen) atoms. The Balaban J connectivity index is 3.07. The third-order valence-corrected chi connectivity index (χ3v) is 1.68. The Bertz CT molecular complexity index is 415. The third-order valence-electron chi connectivity index (χ3n) is 1.68. The summed E-state index contributed by atoms with van der Waals surface area (Å²) in [4.78, 5) is 9.82. The molecule has 1 rings (SSSR count). The van der Waals surface area contributed by atoms with Crippen molar-refractivity contribution in [2.45, 2.75) is 0 Å². The number of allylic oxidation sites excluding steroid dienone is 1. The van der Waals surface area contributed by atoms with Crippen molar-refractivity contribution in [1.82, 2.24) is 0 Å². The average Bonchev–Trinajstić information content (AvgIpc) is 2.20. The maximum absolute atomic E-state index is 10.3. The van der Waals surface area contributed by atoms with Crippen molar-refractivity contribution in [3.8, 4) is 6.07 Å². The number of rotatable bonds is 2. The van der Waals surface area contributed by atoms with Gasteiger partial charge in [0.2, 0.25) is 0 Å². The Labute approximate surface area is 80.2 Å². The molecule has 5 heteroatoms. The lowest BCUT2D eigenvalue weighted by atomic mass is 10.1. The van der Waals surface area contributed by atoms with E-state index in [0.717, 1.165) is 0 Å². The van der Waals surface area contributed by atoms with Crippen LogP contribution in [0.15, 0.2) is 30.5 Å². The fourth-order valence-electron chi connectivity index (χ4n) is 0.961. The Morgan fingerprint density at radius 2 is 2.07 bits per heavy atom. The molecule has 0 aromatic heterocycles. The summed E-state index contributed by atoms with van der Waals surface area (Å²) in [5, 5.41) is 18.9. The first-order chi connectivity index (χ1) is 6.69. The van der Waals surface area contributed by atoms with Gasteiger partial charge in [0.05, 0.1) is 10.5 Å². The number of hydrogen-bond acceptors (Lipinski definition) is 4. The molecule has 1 aromatic rings. The molecular weight excluding hydrogens is 182 g/mol. The minimum atomic E-state index is -0.498. The fourth-order valence-corrected chi connectivity index (χ4v) is 0.961. The van der Waals surface area contributed by atoms with Crippen molar-refractivity contribution >= 4 is 11.3 Å². The second-order valence-corrected chi connectivity index (χ2v) is 2.50. The molecule has 0 atom stereocenters. The maximum Gasteiger partial charge on any atom is 0.269 e. The lowest BCUT2D eigenvalue weighted by Crippen LogP contribution is -1.90. The summed E-state index contributed by atoms with van der Waals surface area (Å²) in [7, 11) is 0. The van der Waals surface area contributed by atoms with Crippen LogP contribution in [0.1, 0.15) is 5.56 Å². The van der Waals surface area contributed by atoms with Gasteiger partial charge in [0, 0.05) is 18.3 Å². The van der Waals surface area contributed by atoms with Gasteiger partial charge in [-0.15, -0.1) is 0 Å². The van der Waals surface area contributed by atoms with Gasteiger partial charge in [0.1, 0.15) is 6.07 Å². The van der Waals surface area contributed by atoms with Gasteiger partial charge in [-0.2, -0.15) is 5.26 Å². The van der Waals surface area contributed by atoms with Crippen LogP contribution in [0.5, 0.6) is 0 Å². The number of benzene rings is 1. The number of non-ortho nitro benzene ring substituents is 1. The maximum atomic E-state index is 10.3. The van der Waals surface area contributed by atoms with Gasteiger partial charge in [-0.1, -0.05) is 0 Å². The quantitative estimate of drug-likeness (QED) is 0.432. The summed E-state index contributed by atoms with van der Waals surface area (Å²) in [5.74, 6) is 0. The molecule has 70 valence electrons. The van der Waals surface area contributed by atoms with Crippen LogP contribution in [0.25, 0.3) is 5.57 Å². The molecule has 0 fully saturated rings. The van der Waals surface area contributed by atoms with E-state index >= 15 is 0 Å². The molecule has 0 saturated carbocycles. The molecule has 0 heterocycles. The highest BCUT2D eigenvalue weighted by Crippen LogP contribution is 2.17.